The number of hydrogen-bond donors (Lipinski definition) is 2. The molecule has 0 spiro atoms. The molecule has 0 radical (unpaired) electrons. The van der Waals surface area contributed by atoms with Crippen molar-refractivity contribution in [2.75, 3.05) is 11.1 Å². The maximum atomic E-state index is 13.6. The van der Waals surface area contributed by atoms with Crippen LogP contribution in [0.4, 0.5) is 20.2 Å². The van der Waals surface area contributed by atoms with Crippen LogP contribution in [-0.2, 0) is 7.05 Å². The van der Waals surface area contributed by atoms with E-state index >= 15 is 0 Å². The minimum Gasteiger partial charge on any atom is -0.397 e. The number of carbonyl (C=O) groups excluding carboxylic acids is 1. The van der Waals surface area contributed by atoms with Crippen molar-refractivity contribution in [1.29, 1.82) is 0 Å². The van der Waals surface area contributed by atoms with Crippen molar-refractivity contribution in [2.24, 2.45) is 7.05 Å². The zero-order valence-corrected chi connectivity index (χ0v) is 11.5. The molecule has 7 heteroatoms. The topological polar surface area (TPSA) is 60.0 Å². The lowest BCUT2D eigenvalue weighted by atomic mass is 10.3. The van der Waals surface area contributed by atoms with Crippen LogP contribution in [0.15, 0.2) is 28.9 Å². The van der Waals surface area contributed by atoms with Crippen molar-refractivity contribution < 1.29 is 13.6 Å². The first-order valence-corrected chi connectivity index (χ1v) is 6.05. The predicted molar refractivity (Wildman–Crippen MR) is 71.8 cm³/mol. The van der Waals surface area contributed by atoms with Crippen LogP contribution >= 0.6 is 15.9 Å². The number of carbonyl (C=O) groups is 1. The summed E-state index contributed by atoms with van der Waals surface area (Å²) in [7, 11) is 1.64. The van der Waals surface area contributed by atoms with Gasteiger partial charge in [-0.2, -0.15) is 0 Å². The second kappa shape index (κ2) is 5.00. The van der Waals surface area contributed by atoms with E-state index in [9.17, 15) is 13.6 Å². The van der Waals surface area contributed by atoms with Gasteiger partial charge >= 0.3 is 0 Å². The van der Waals surface area contributed by atoms with E-state index in [0.717, 1.165) is 6.07 Å². The second-order valence-electron chi connectivity index (χ2n) is 3.97. The molecule has 0 aliphatic carbocycles. The first-order chi connectivity index (χ1) is 8.88. The van der Waals surface area contributed by atoms with Crippen molar-refractivity contribution in [3.05, 3.63) is 46.2 Å². The van der Waals surface area contributed by atoms with Gasteiger partial charge in [0.2, 0.25) is 0 Å². The molecule has 1 amide bonds. The van der Waals surface area contributed by atoms with Crippen LogP contribution in [0.1, 0.15) is 10.5 Å². The normalized spacial score (nSPS) is 10.5. The van der Waals surface area contributed by atoms with Crippen LogP contribution in [0, 0.1) is 11.6 Å². The van der Waals surface area contributed by atoms with E-state index in [4.69, 9.17) is 5.73 Å². The molecule has 0 atom stereocenters. The molecular weight excluding hydrogens is 320 g/mol. The van der Waals surface area contributed by atoms with Crippen molar-refractivity contribution in [3.8, 4) is 0 Å². The van der Waals surface area contributed by atoms with Gasteiger partial charge in [-0.05, 0) is 28.1 Å². The highest BCUT2D eigenvalue weighted by molar-refractivity contribution is 9.10. The third-order valence-electron chi connectivity index (χ3n) is 2.50. The van der Waals surface area contributed by atoms with Gasteiger partial charge in [0, 0.05) is 23.8 Å². The average Bonchev–Trinajstić information content (AvgIpc) is 2.62. The van der Waals surface area contributed by atoms with Gasteiger partial charge in [-0.3, -0.25) is 4.79 Å². The number of rotatable bonds is 2. The molecule has 0 bridgehead atoms. The molecule has 0 unspecified atom stereocenters. The van der Waals surface area contributed by atoms with Gasteiger partial charge in [-0.1, -0.05) is 0 Å². The predicted octanol–water partition coefficient (Wildman–Crippen LogP) is 2.90. The molecule has 1 aromatic heterocycles. The van der Waals surface area contributed by atoms with Gasteiger partial charge in [-0.25, -0.2) is 8.78 Å². The van der Waals surface area contributed by atoms with Crippen molar-refractivity contribution >= 4 is 33.2 Å². The first-order valence-electron chi connectivity index (χ1n) is 5.26. The third-order valence-corrected chi connectivity index (χ3v) is 3.13. The Morgan fingerprint density at radius 2 is 2.05 bits per heavy atom. The fourth-order valence-electron chi connectivity index (χ4n) is 1.66. The summed E-state index contributed by atoms with van der Waals surface area (Å²) in [6.45, 7) is 0. The molecule has 2 rings (SSSR count). The van der Waals surface area contributed by atoms with Crippen LogP contribution < -0.4 is 11.1 Å². The van der Waals surface area contributed by atoms with E-state index in [1.807, 2.05) is 0 Å². The molecule has 1 aromatic carbocycles. The van der Waals surface area contributed by atoms with Crippen LogP contribution in [-0.4, -0.2) is 10.5 Å². The van der Waals surface area contributed by atoms with Gasteiger partial charge in [0.25, 0.3) is 5.91 Å². The number of anilines is 2. The summed E-state index contributed by atoms with van der Waals surface area (Å²) in [5.74, 6) is -2.13. The minimum atomic E-state index is -0.859. The number of nitrogens with one attached hydrogen (secondary N) is 1. The Bertz CT molecular complexity index is 631. The van der Waals surface area contributed by atoms with Crippen LogP contribution in [0.2, 0.25) is 0 Å². The van der Waals surface area contributed by atoms with Gasteiger partial charge in [0.1, 0.15) is 11.5 Å². The lowest BCUT2D eigenvalue weighted by molar-refractivity contribution is 0.101. The zero-order valence-electron chi connectivity index (χ0n) is 9.88. The number of amides is 1. The number of aryl methyl sites for hydroxylation is 1. The van der Waals surface area contributed by atoms with Crippen molar-refractivity contribution in [1.82, 2.24) is 4.57 Å². The average molecular weight is 330 g/mol. The largest absolute Gasteiger partial charge is 0.397 e. The summed E-state index contributed by atoms with van der Waals surface area (Å²) < 4.78 is 28.1. The first kappa shape index (κ1) is 13.5. The molecule has 19 heavy (non-hydrogen) atoms. The van der Waals surface area contributed by atoms with Gasteiger partial charge in [-0.15, -0.1) is 0 Å². The number of nitrogens with two attached hydrogens (primary N) is 1. The Labute approximate surface area is 116 Å². The molecule has 0 aliphatic rings. The highest BCUT2D eigenvalue weighted by Gasteiger charge is 2.16. The number of benzene rings is 1. The summed E-state index contributed by atoms with van der Waals surface area (Å²) in [6.07, 6.45) is 1.56. The van der Waals surface area contributed by atoms with E-state index < -0.39 is 17.5 Å². The van der Waals surface area contributed by atoms with Crippen LogP contribution in [0.5, 0.6) is 0 Å². The molecule has 100 valence electrons. The SMILES string of the molecule is Cn1cc(N)cc1C(=O)Nc1c(F)cc(F)cc1Br. The number of nitrogens with zero attached hydrogens (tertiary/aromatic N) is 1. The maximum Gasteiger partial charge on any atom is 0.272 e. The molecule has 0 saturated heterocycles. The van der Waals surface area contributed by atoms with Crippen molar-refractivity contribution in [2.45, 2.75) is 0 Å². The lowest BCUT2D eigenvalue weighted by Gasteiger charge is -2.09. The quantitative estimate of drug-likeness (QED) is 0.889. The summed E-state index contributed by atoms with van der Waals surface area (Å²) >= 11 is 3.00. The molecule has 4 nitrogen and oxygen atoms in total. The van der Waals surface area contributed by atoms with Gasteiger partial charge < -0.3 is 15.6 Å². The fourth-order valence-corrected chi connectivity index (χ4v) is 2.16. The monoisotopic (exact) mass is 329 g/mol. The Morgan fingerprint density at radius 3 is 2.58 bits per heavy atom. The molecule has 3 N–H and O–H groups in total. The Hall–Kier alpha value is -1.89. The number of hydrogen-bond acceptors (Lipinski definition) is 2. The highest BCUT2D eigenvalue weighted by Crippen LogP contribution is 2.27. The fraction of sp³-hybridized carbons (Fsp3) is 0.0833. The smallest absolute Gasteiger partial charge is 0.272 e. The summed E-state index contributed by atoms with van der Waals surface area (Å²) in [5.41, 5.74) is 6.13. The van der Waals surface area contributed by atoms with E-state index in [2.05, 4.69) is 21.2 Å². The molecule has 2 aromatic rings. The minimum absolute atomic E-state index is 0.119. The molecule has 0 aliphatic heterocycles. The third kappa shape index (κ3) is 2.76. The van der Waals surface area contributed by atoms with Crippen LogP contribution in [0.3, 0.4) is 0 Å². The van der Waals surface area contributed by atoms with E-state index in [0.29, 0.717) is 11.8 Å². The van der Waals surface area contributed by atoms with E-state index in [-0.39, 0.29) is 15.9 Å². The Kier molecular flexibility index (Phi) is 3.57. The highest BCUT2D eigenvalue weighted by atomic mass is 79.9. The van der Waals surface area contributed by atoms with E-state index in [1.54, 1.807) is 13.2 Å². The molecule has 0 saturated carbocycles. The molecule has 0 fully saturated rings. The maximum absolute atomic E-state index is 13.6. The van der Waals surface area contributed by atoms with Gasteiger partial charge in [0.15, 0.2) is 5.82 Å². The molecular formula is C12H10BrF2N3O. The number of aromatic nitrogens is 1. The summed E-state index contributed by atoms with van der Waals surface area (Å²) in [4.78, 5) is 12.0. The van der Waals surface area contributed by atoms with Crippen LogP contribution in [0.25, 0.3) is 0 Å². The number of nitrogen functional groups attached to an aromatic ring is 1. The number of halogens is 3. The van der Waals surface area contributed by atoms with Gasteiger partial charge in [0.05, 0.1) is 11.4 Å². The summed E-state index contributed by atoms with van der Waals surface area (Å²) in [6, 6.07) is 3.22. The standard InChI is InChI=1S/C12H10BrF2N3O/c1-18-5-7(16)4-10(18)12(19)17-11-8(13)2-6(14)3-9(11)15/h2-5H,16H2,1H3,(H,17,19). The van der Waals surface area contributed by atoms with E-state index in [1.165, 1.54) is 10.6 Å². The molecule has 1 heterocycles. The summed E-state index contributed by atoms with van der Waals surface area (Å²) in [5, 5.41) is 2.37. The Morgan fingerprint density at radius 1 is 1.37 bits per heavy atom. The zero-order chi connectivity index (χ0) is 14.2. The second-order valence-corrected chi connectivity index (χ2v) is 4.82. The lowest BCUT2D eigenvalue weighted by Crippen LogP contribution is -2.16. The Balaban J connectivity index is 2.32. The van der Waals surface area contributed by atoms with Crippen molar-refractivity contribution in [3.63, 3.8) is 0 Å².